The van der Waals surface area contributed by atoms with Crippen molar-refractivity contribution >= 4 is 17.6 Å². The summed E-state index contributed by atoms with van der Waals surface area (Å²) < 4.78 is 4.99. The Balaban J connectivity index is 2.40. The lowest BCUT2D eigenvalue weighted by Gasteiger charge is -2.14. The minimum absolute atomic E-state index is 0.0518. The maximum Gasteiger partial charge on any atom is 0.339 e. The van der Waals surface area contributed by atoms with Gasteiger partial charge in [0.1, 0.15) is 12.7 Å². The van der Waals surface area contributed by atoms with E-state index in [2.05, 4.69) is 5.32 Å². The summed E-state index contributed by atoms with van der Waals surface area (Å²) in [6, 6.07) is 6.93. The van der Waals surface area contributed by atoms with Crippen LogP contribution in [0.15, 0.2) is 24.3 Å². The van der Waals surface area contributed by atoms with Crippen LogP contribution in [-0.4, -0.2) is 36.4 Å². The van der Waals surface area contributed by atoms with E-state index in [1.807, 2.05) is 13.8 Å². The molecule has 0 saturated heterocycles. The van der Waals surface area contributed by atoms with E-state index in [4.69, 9.17) is 16.3 Å². The number of nitrogens with one attached hydrogen (secondary N) is 1. The summed E-state index contributed by atoms with van der Waals surface area (Å²) in [5.74, 6) is -0.524. The van der Waals surface area contributed by atoms with Crippen molar-refractivity contribution in [3.63, 3.8) is 0 Å². The molecule has 1 aromatic rings. The number of hydrogen-bond donors (Lipinski definition) is 2. The van der Waals surface area contributed by atoms with Gasteiger partial charge in [0.05, 0.1) is 10.6 Å². The lowest BCUT2D eigenvalue weighted by molar-refractivity contribution is 0.0256. The molecule has 0 unspecified atom stereocenters. The number of halogens is 1. The van der Waals surface area contributed by atoms with E-state index < -0.39 is 12.1 Å². The molecule has 0 aliphatic carbocycles. The zero-order valence-electron chi connectivity index (χ0n) is 10.5. The first kappa shape index (κ1) is 15.0. The topological polar surface area (TPSA) is 58.6 Å². The molecule has 0 saturated carbocycles. The number of hydrogen-bond acceptors (Lipinski definition) is 4. The molecule has 0 aliphatic rings. The minimum Gasteiger partial charge on any atom is -0.459 e. The van der Waals surface area contributed by atoms with Crippen molar-refractivity contribution in [3.8, 4) is 0 Å². The molecule has 18 heavy (non-hydrogen) atoms. The van der Waals surface area contributed by atoms with Gasteiger partial charge in [0.25, 0.3) is 0 Å². The molecule has 1 aromatic carbocycles. The summed E-state index contributed by atoms with van der Waals surface area (Å²) in [6.45, 7) is 4.28. The zero-order valence-corrected chi connectivity index (χ0v) is 11.3. The standard InChI is InChI=1S/C13H18ClNO3/c1-9(2)15-7-10(16)8-18-13(17)11-5-3-4-6-12(11)14/h3-6,9-10,15-16H,7-8H2,1-2H3/t10-/m1/s1. The third-order valence-electron chi connectivity index (χ3n) is 2.26. The smallest absolute Gasteiger partial charge is 0.339 e. The van der Waals surface area contributed by atoms with Crippen molar-refractivity contribution in [2.75, 3.05) is 13.2 Å². The number of benzene rings is 1. The molecule has 0 spiro atoms. The average Bonchev–Trinajstić information content (AvgIpc) is 2.34. The van der Waals surface area contributed by atoms with Crippen LogP contribution in [0, 0.1) is 0 Å². The van der Waals surface area contributed by atoms with E-state index in [0.29, 0.717) is 17.1 Å². The van der Waals surface area contributed by atoms with E-state index >= 15 is 0 Å². The Morgan fingerprint density at radius 2 is 2.11 bits per heavy atom. The molecule has 0 radical (unpaired) electrons. The monoisotopic (exact) mass is 271 g/mol. The molecule has 2 N–H and O–H groups in total. The van der Waals surface area contributed by atoms with Gasteiger partial charge in [0.2, 0.25) is 0 Å². The summed E-state index contributed by atoms with van der Waals surface area (Å²) in [5.41, 5.74) is 0.309. The Hall–Kier alpha value is -1.10. The molecular formula is C13H18ClNO3. The van der Waals surface area contributed by atoms with E-state index in [1.54, 1.807) is 24.3 Å². The zero-order chi connectivity index (χ0) is 13.5. The third-order valence-corrected chi connectivity index (χ3v) is 2.59. The van der Waals surface area contributed by atoms with Gasteiger partial charge >= 0.3 is 5.97 Å². The Bertz CT molecular complexity index is 396. The van der Waals surface area contributed by atoms with Crippen LogP contribution in [0.25, 0.3) is 0 Å². The van der Waals surface area contributed by atoms with Crippen molar-refractivity contribution in [3.05, 3.63) is 34.9 Å². The van der Waals surface area contributed by atoms with E-state index in [-0.39, 0.29) is 12.6 Å². The summed E-state index contributed by atoms with van der Waals surface area (Å²) in [7, 11) is 0. The molecule has 5 heteroatoms. The van der Waals surface area contributed by atoms with Gasteiger partial charge in [-0.25, -0.2) is 4.79 Å². The van der Waals surface area contributed by atoms with Crippen LogP contribution in [0.3, 0.4) is 0 Å². The number of carbonyl (C=O) groups is 1. The molecule has 0 aromatic heterocycles. The van der Waals surface area contributed by atoms with Crippen molar-refractivity contribution in [1.82, 2.24) is 5.32 Å². The van der Waals surface area contributed by atoms with Crippen LogP contribution in [0.1, 0.15) is 24.2 Å². The second-order valence-electron chi connectivity index (χ2n) is 4.30. The molecule has 4 nitrogen and oxygen atoms in total. The first-order chi connectivity index (χ1) is 8.50. The highest BCUT2D eigenvalue weighted by Crippen LogP contribution is 2.15. The molecule has 0 heterocycles. The van der Waals surface area contributed by atoms with Crippen LogP contribution >= 0.6 is 11.6 Å². The predicted molar refractivity (Wildman–Crippen MR) is 70.9 cm³/mol. The number of aliphatic hydroxyl groups excluding tert-OH is 1. The second kappa shape index (κ2) is 7.36. The maximum atomic E-state index is 11.7. The van der Waals surface area contributed by atoms with Gasteiger partial charge in [-0.1, -0.05) is 37.6 Å². The average molecular weight is 272 g/mol. The molecule has 0 amide bonds. The van der Waals surface area contributed by atoms with Crippen molar-refractivity contribution in [2.45, 2.75) is 26.0 Å². The number of esters is 1. The fourth-order valence-electron chi connectivity index (χ4n) is 1.31. The highest BCUT2D eigenvalue weighted by molar-refractivity contribution is 6.33. The number of carbonyl (C=O) groups excluding carboxylic acids is 1. The Labute approximate surface area is 112 Å². The highest BCUT2D eigenvalue weighted by Gasteiger charge is 2.13. The predicted octanol–water partition coefficient (Wildman–Crippen LogP) is 1.86. The van der Waals surface area contributed by atoms with Gasteiger partial charge in [-0.3, -0.25) is 0 Å². The normalized spacial score (nSPS) is 12.5. The number of rotatable bonds is 6. The summed E-state index contributed by atoms with van der Waals surface area (Å²) in [6.07, 6.45) is -0.723. The lowest BCUT2D eigenvalue weighted by atomic mass is 10.2. The van der Waals surface area contributed by atoms with Crippen LogP contribution in [-0.2, 0) is 4.74 Å². The molecule has 0 fully saturated rings. The summed E-state index contributed by atoms with van der Waals surface area (Å²) in [5, 5.41) is 13.0. The second-order valence-corrected chi connectivity index (χ2v) is 4.70. The Kier molecular flexibility index (Phi) is 6.12. The van der Waals surface area contributed by atoms with Crippen molar-refractivity contribution in [1.29, 1.82) is 0 Å². The quantitative estimate of drug-likeness (QED) is 0.776. The molecule has 0 aliphatic heterocycles. The highest BCUT2D eigenvalue weighted by atomic mass is 35.5. The summed E-state index contributed by atoms with van der Waals surface area (Å²) in [4.78, 5) is 11.7. The summed E-state index contributed by atoms with van der Waals surface area (Å²) >= 11 is 5.86. The number of aliphatic hydroxyl groups is 1. The van der Waals surface area contributed by atoms with Crippen LogP contribution < -0.4 is 5.32 Å². The molecule has 0 bridgehead atoms. The van der Waals surface area contributed by atoms with E-state index in [1.165, 1.54) is 0 Å². The molecular weight excluding hydrogens is 254 g/mol. The fourth-order valence-corrected chi connectivity index (χ4v) is 1.52. The lowest BCUT2D eigenvalue weighted by Crippen LogP contribution is -2.35. The first-order valence-corrected chi connectivity index (χ1v) is 6.21. The van der Waals surface area contributed by atoms with Crippen LogP contribution in [0.2, 0.25) is 5.02 Å². The van der Waals surface area contributed by atoms with Crippen molar-refractivity contribution < 1.29 is 14.6 Å². The molecule has 100 valence electrons. The fraction of sp³-hybridized carbons (Fsp3) is 0.462. The minimum atomic E-state index is -0.723. The van der Waals surface area contributed by atoms with Gasteiger partial charge in [-0.05, 0) is 12.1 Å². The van der Waals surface area contributed by atoms with Gasteiger partial charge in [-0.2, -0.15) is 0 Å². The molecule has 1 atom stereocenters. The van der Waals surface area contributed by atoms with Gasteiger partial charge < -0.3 is 15.2 Å². The maximum absolute atomic E-state index is 11.7. The molecule has 1 rings (SSSR count). The van der Waals surface area contributed by atoms with Gasteiger partial charge in [0, 0.05) is 12.6 Å². The Morgan fingerprint density at radius 3 is 2.72 bits per heavy atom. The largest absolute Gasteiger partial charge is 0.459 e. The third kappa shape index (κ3) is 5.04. The first-order valence-electron chi connectivity index (χ1n) is 5.83. The Morgan fingerprint density at radius 1 is 1.44 bits per heavy atom. The van der Waals surface area contributed by atoms with E-state index in [9.17, 15) is 9.90 Å². The van der Waals surface area contributed by atoms with Crippen LogP contribution in [0.4, 0.5) is 0 Å². The van der Waals surface area contributed by atoms with Crippen molar-refractivity contribution in [2.24, 2.45) is 0 Å². The number of ether oxygens (including phenoxy) is 1. The van der Waals surface area contributed by atoms with Gasteiger partial charge in [-0.15, -0.1) is 0 Å². The SMILES string of the molecule is CC(C)NC[C@@H](O)COC(=O)c1ccccc1Cl. The van der Waals surface area contributed by atoms with E-state index in [0.717, 1.165) is 0 Å². The van der Waals surface area contributed by atoms with Gasteiger partial charge in [0.15, 0.2) is 0 Å². The van der Waals surface area contributed by atoms with Crippen LogP contribution in [0.5, 0.6) is 0 Å².